The zero-order valence-electron chi connectivity index (χ0n) is 8.56. The van der Waals surface area contributed by atoms with E-state index in [1.165, 1.54) is 0 Å². The summed E-state index contributed by atoms with van der Waals surface area (Å²) in [5.74, 6) is -0.178. The van der Waals surface area contributed by atoms with Crippen LogP contribution in [0.15, 0.2) is 24.3 Å². The smallest absolute Gasteiger partial charge is 0.336 e. The SMILES string of the molecule is COc1ccc([C@]2(C)O[C@H]2C(=O)O)cc1. The van der Waals surface area contributed by atoms with Gasteiger partial charge in [-0.25, -0.2) is 4.79 Å². The molecule has 1 aliphatic heterocycles. The minimum Gasteiger partial charge on any atom is -0.497 e. The van der Waals surface area contributed by atoms with E-state index in [4.69, 9.17) is 14.6 Å². The minimum atomic E-state index is -0.923. The lowest BCUT2D eigenvalue weighted by Crippen LogP contribution is -2.15. The van der Waals surface area contributed by atoms with Gasteiger partial charge in [0.2, 0.25) is 0 Å². The molecule has 0 bridgehead atoms. The topological polar surface area (TPSA) is 59.1 Å². The van der Waals surface area contributed by atoms with Gasteiger partial charge in [-0.1, -0.05) is 12.1 Å². The highest BCUT2D eigenvalue weighted by atomic mass is 16.6. The molecule has 0 aliphatic carbocycles. The number of carbonyl (C=O) groups is 1. The van der Waals surface area contributed by atoms with Crippen molar-refractivity contribution in [2.75, 3.05) is 7.11 Å². The maximum absolute atomic E-state index is 10.7. The molecule has 1 N–H and O–H groups in total. The van der Waals surface area contributed by atoms with E-state index < -0.39 is 17.7 Å². The lowest BCUT2D eigenvalue weighted by molar-refractivity contribution is -0.138. The van der Waals surface area contributed by atoms with Crippen molar-refractivity contribution in [2.45, 2.75) is 18.6 Å². The number of ether oxygens (including phenoxy) is 2. The lowest BCUT2D eigenvalue weighted by Gasteiger charge is -2.06. The fourth-order valence-corrected chi connectivity index (χ4v) is 1.64. The van der Waals surface area contributed by atoms with Crippen LogP contribution in [-0.2, 0) is 15.1 Å². The van der Waals surface area contributed by atoms with Gasteiger partial charge in [-0.15, -0.1) is 0 Å². The van der Waals surface area contributed by atoms with Gasteiger partial charge >= 0.3 is 5.97 Å². The van der Waals surface area contributed by atoms with Crippen molar-refractivity contribution in [3.63, 3.8) is 0 Å². The van der Waals surface area contributed by atoms with Gasteiger partial charge in [0.25, 0.3) is 0 Å². The first-order valence-corrected chi connectivity index (χ1v) is 4.63. The van der Waals surface area contributed by atoms with Crippen LogP contribution in [0.5, 0.6) is 5.75 Å². The number of aliphatic carboxylic acids is 1. The van der Waals surface area contributed by atoms with Gasteiger partial charge in [-0.2, -0.15) is 0 Å². The summed E-state index contributed by atoms with van der Waals surface area (Å²) in [4.78, 5) is 10.7. The predicted octanol–water partition coefficient (Wildman–Crippen LogP) is 1.39. The van der Waals surface area contributed by atoms with Crippen molar-refractivity contribution < 1.29 is 19.4 Å². The van der Waals surface area contributed by atoms with Crippen LogP contribution in [0, 0.1) is 0 Å². The average Bonchev–Trinajstić information content (AvgIpc) is 2.93. The van der Waals surface area contributed by atoms with E-state index in [-0.39, 0.29) is 0 Å². The first-order chi connectivity index (χ1) is 7.08. The molecule has 1 heterocycles. The Kier molecular flexibility index (Phi) is 2.16. The van der Waals surface area contributed by atoms with Crippen LogP contribution in [-0.4, -0.2) is 24.3 Å². The molecule has 0 radical (unpaired) electrons. The first kappa shape index (κ1) is 9.98. The van der Waals surface area contributed by atoms with Gasteiger partial charge in [0.1, 0.15) is 11.4 Å². The molecule has 1 saturated heterocycles. The normalized spacial score (nSPS) is 28.5. The van der Waals surface area contributed by atoms with Gasteiger partial charge in [0.15, 0.2) is 6.10 Å². The zero-order chi connectivity index (χ0) is 11.1. The number of epoxide rings is 1. The molecule has 1 aromatic rings. The molecule has 80 valence electrons. The minimum absolute atomic E-state index is 0.682. The Labute approximate surface area is 87.4 Å². The molecule has 15 heavy (non-hydrogen) atoms. The highest BCUT2D eigenvalue weighted by Crippen LogP contribution is 2.46. The highest BCUT2D eigenvalue weighted by molar-refractivity contribution is 5.77. The Morgan fingerprint density at radius 1 is 1.47 bits per heavy atom. The van der Waals surface area contributed by atoms with Gasteiger partial charge in [0.05, 0.1) is 7.11 Å². The molecule has 2 atom stereocenters. The van der Waals surface area contributed by atoms with E-state index in [1.54, 1.807) is 26.2 Å². The summed E-state index contributed by atoms with van der Waals surface area (Å²) in [6.07, 6.45) is -0.731. The van der Waals surface area contributed by atoms with Crippen molar-refractivity contribution in [1.29, 1.82) is 0 Å². The quantitative estimate of drug-likeness (QED) is 0.762. The van der Waals surface area contributed by atoms with Crippen molar-refractivity contribution in [2.24, 2.45) is 0 Å². The summed E-state index contributed by atoms with van der Waals surface area (Å²) in [6.45, 7) is 1.77. The summed E-state index contributed by atoms with van der Waals surface area (Å²) >= 11 is 0. The molecular formula is C11H12O4. The second kappa shape index (κ2) is 3.24. The van der Waals surface area contributed by atoms with Crippen LogP contribution < -0.4 is 4.74 Å². The molecule has 0 aromatic heterocycles. The molecule has 0 amide bonds. The molecule has 0 spiro atoms. The van der Waals surface area contributed by atoms with Gasteiger partial charge in [-0.3, -0.25) is 0 Å². The molecule has 1 aliphatic rings. The Balaban J connectivity index is 2.21. The molecule has 0 unspecified atom stereocenters. The van der Waals surface area contributed by atoms with Crippen LogP contribution in [0.4, 0.5) is 0 Å². The molecule has 1 aromatic carbocycles. The summed E-state index contributed by atoms with van der Waals surface area (Å²) < 4.78 is 10.2. The molecule has 0 saturated carbocycles. The third-order valence-corrected chi connectivity index (χ3v) is 2.69. The Bertz CT molecular complexity index is 384. The maximum Gasteiger partial charge on any atom is 0.336 e. The fraction of sp³-hybridized carbons (Fsp3) is 0.364. The zero-order valence-corrected chi connectivity index (χ0v) is 8.56. The van der Waals surface area contributed by atoms with Crippen LogP contribution in [0.25, 0.3) is 0 Å². The summed E-state index contributed by atoms with van der Waals surface area (Å²) in [7, 11) is 1.59. The van der Waals surface area contributed by atoms with Crippen LogP contribution in [0.2, 0.25) is 0 Å². The standard InChI is InChI=1S/C11H12O4/c1-11(9(15-11)10(12)13)7-3-5-8(14-2)6-4-7/h3-6,9H,1-2H3,(H,12,13)/t9-,11-/m0/s1. The molecule has 2 rings (SSSR count). The van der Waals surface area contributed by atoms with Gasteiger partial charge in [0, 0.05) is 0 Å². The van der Waals surface area contributed by atoms with Crippen LogP contribution in [0.1, 0.15) is 12.5 Å². The second-order valence-corrected chi connectivity index (χ2v) is 3.67. The highest BCUT2D eigenvalue weighted by Gasteiger charge is 2.58. The fourth-order valence-electron chi connectivity index (χ4n) is 1.64. The summed E-state index contributed by atoms with van der Waals surface area (Å²) in [5, 5.41) is 8.80. The number of hydrogen-bond donors (Lipinski definition) is 1. The lowest BCUT2D eigenvalue weighted by atomic mass is 9.97. The number of rotatable bonds is 3. The van der Waals surface area contributed by atoms with Crippen molar-refractivity contribution in [3.8, 4) is 5.75 Å². The van der Waals surface area contributed by atoms with E-state index in [2.05, 4.69) is 0 Å². The van der Waals surface area contributed by atoms with Gasteiger partial charge in [-0.05, 0) is 24.6 Å². The Morgan fingerprint density at radius 3 is 2.47 bits per heavy atom. The van der Waals surface area contributed by atoms with Crippen molar-refractivity contribution >= 4 is 5.97 Å². The first-order valence-electron chi connectivity index (χ1n) is 4.63. The Morgan fingerprint density at radius 2 is 2.07 bits per heavy atom. The summed E-state index contributed by atoms with van der Waals surface area (Å²) in [5.41, 5.74) is 0.175. The Hall–Kier alpha value is -1.55. The average molecular weight is 208 g/mol. The number of carboxylic acid groups (broad SMARTS) is 1. The van der Waals surface area contributed by atoms with Crippen LogP contribution in [0.3, 0.4) is 0 Å². The molecule has 4 heteroatoms. The van der Waals surface area contributed by atoms with Crippen molar-refractivity contribution in [1.82, 2.24) is 0 Å². The van der Waals surface area contributed by atoms with Crippen LogP contribution >= 0.6 is 0 Å². The monoisotopic (exact) mass is 208 g/mol. The predicted molar refractivity (Wildman–Crippen MR) is 52.9 cm³/mol. The van der Waals surface area contributed by atoms with E-state index in [9.17, 15) is 4.79 Å². The largest absolute Gasteiger partial charge is 0.497 e. The maximum atomic E-state index is 10.7. The number of hydrogen-bond acceptors (Lipinski definition) is 3. The molecular weight excluding hydrogens is 196 g/mol. The number of carboxylic acids is 1. The summed E-state index contributed by atoms with van der Waals surface area (Å²) in [6, 6.07) is 7.23. The van der Waals surface area contributed by atoms with Crippen molar-refractivity contribution in [3.05, 3.63) is 29.8 Å². The molecule has 4 nitrogen and oxygen atoms in total. The van der Waals surface area contributed by atoms with E-state index >= 15 is 0 Å². The van der Waals surface area contributed by atoms with E-state index in [0.29, 0.717) is 0 Å². The third kappa shape index (κ3) is 1.57. The number of benzene rings is 1. The second-order valence-electron chi connectivity index (χ2n) is 3.67. The van der Waals surface area contributed by atoms with E-state index in [0.717, 1.165) is 11.3 Å². The number of methoxy groups -OCH3 is 1. The van der Waals surface area contributed by atoms with E-state index in [1.807, 2.05) is 12.1 Å². The third-order valence-electron chi connectivity index (χ3n) is 2.69. The van der Waals surface area contributed by atoms with Gasteiger partial charge < -0.3 is 14.6 Å². The molecule has 1 fully saturated rings.